The van der Waals surface area contributed by atoms with Gasteiger partial charge in [0.15, 0.2) is 0 Å². The number of likely N-dealkylation sites (N-methyl/N-ethyl adjacent to an activating group) is 1. The molecule has 0 amide bonds. The van der Waals surface area contributed by atoms with Crippen molar-refractivity contribution in [2.24, 2.45) is 0 Å². The lowest BCUT2D eigenvalue weighted by atomic mass is 10.1. The number of rotatable bonds is 1. The zero-order valence-corrected chi connectivity index (χ0v) is 9.28. The molecule has 1 saturated heterocycles. The van der Waals surface area contributed by atoms with Crippen molar-refractivity contribution in [3.05, 3.63) is 0 Å². The molecule has 0 aliphatic carbocycles. The van der Waals surface area contributed by atoms with E-state index >= 15 is 0 Å². The molecule has 82 valence electrons. The van der Waals surface area contributed by atoms with Gasteiger partial charge in [-0.1, -0.05) is 0 Å². The molecule has 4 heteroatoms. The van der Waals surface area contributed by atoms with Crippen LogP contribution in [0.15, 0.2) is 0 Å². The highest BCUT2D eigenvalue weighted by Crippen LogP contribution is 2.19. The molecule has 0 spiro atoms. The van der Waals surface area contributed by atoms with Crippen LogP contribution in [0.4, 0.5) is 0 Å². The Hall–Kier alpha value is -0.610. The van der Waals surface area contributed by atoms with E-state index in [4.69, 9.17) is 4.74 Å². The van der Waals surface area contributed by atoms with Crippen LogP contribution >= 0.6 is 0 Å². The molecule has 1 rings (SSSR count). The number of ether oxygens (including phenoxy) is 1. The van der Waals surface area contributed by atoms with Crippen LogP contribution in [0.2, 0.25) is 0 Å². The van der Waals surface area contributed by atoms with Gasteiger partial charge in [-0.25, -0.2) is 0 Å². The van der Waals surface area contributed by atoms with Gasteiger partial charge in [0.1, 0.15) is 11.6 Å². The van der Waals surface area contributed by atoms with Crippen LogP contribution in [-0.4, -0.2) is 47.3 Å². The molecule has 0 unspecified atom stereocenters. The average Bonchev–Trinajstić information content (AvgIpc) is 2.27. The summed E-state index contributed by atoms with van der Waals surface area (Å²) in [5, 5.41) is 9.58. The van der Waals surface area contributed by atoms with E-state index in [0.29, 0.717) is 6.42 Å². The second kappa shape index (κ2) is 3.87. The molecule has 1 aliphatic rings. The first-order valence-corrected chi connectivity index (χ1v) is 4.92. The van der Waals surface area contributed by atoms with E-state index in [2.05, 4.69) is 0 Å². The number of nitrogens with zero attached hydrogens (tertiary/aromatic N) is 1. The highest BCUT2D eigenvalue weighted by molar-refractivity contribution is 5.77. The molecule has 4 nitrogen and oxygen atoms in total. The van der Waals surface area contributed by atoms with E-state index in [-0.39, 0.29) is 5.97 Å². The molecule has 1 N–H and O–H groups in total. The SMILES string of the molecule is CN1CC[C@H](O)[C@H]1C(=O)OC(C)(C)C. The minimum atomic E-state index is -0.588. The second-order valence-corrected chi connectivity index (χ2v) is 4.81. The number of hydrogen-bond donors (Lipinski definition) is 1. The van der Waals surface area contributed by atoms with E-state index in [0.717, 1.165) is 6.54 Å². The first kappa shape index (κ1) is 11.5. The standard InChI is InChI=1S/C10H19NO3/c1-10(2,3)14-9(13)8-7(12)5-6-11(8)4/h7-8,12H,5-6H2,1-4H3/t7-,8-/m0/s1. The van der Waals surface area contributed by atoms with Crippen molar-refractivity contribution in [2.45, 2.75) is 44.9 Å². The van der Waals surface area contributed by atoms with Crippen molar-refractivity contribution < 1.29 is 14.6 Å². The maximum absolute atomic E-state index is 11.7. The molecule has 0 bridgehead atoms. The Bertz CT molecular complexity index is 212. The van der Waals surface area contributed by atoms with Gasteiger partial charge in [0.25, 0.3) is 0 Å². The molecule has 0 aromatic heterocycles. The fraction of sp³-hybridized carbons (Fsp3) is 0.900. The van der Waals surface area contributed by atoms with Crippen LogP contribution in [0.3, 0.4) is 0 Å². The average molecular weight is 201 g/mol. The number of esters is 1. The Balaban J connectivity index is 2.60. The summed E-state index contributed by atoms with van der Waals surface area (Å²) in [6.45, 7) is 6.22. The molecular formula is C10H19NO3. The fourth-order valence-electron chi connectivity index (χ4n) is 1.63. The predicted octanol–water partition coefficient (Wildman–Crippen LogP) is 0.393. The third-order valence-electron chi connectivity index (χ3n) is 2.27. The lowest BCUT2D eigenvalue weighted by molar-refractivity contribution is -0.162. The lowest BCUT2D eigenvalue weighted by Gasteiger charge is -2.26. The molecule has 2 atom stereocenters. The summed E-state index contributed by atoms with van der Waals surface area (Å²) in [7, 11) is 1.82. The van der Waals surface area contributed by atoms with Crippen molar-refractivity contribution in [3.63, 3.8) is 0 Å². The van der Waals surface area contributed by atoms with Gasteiger partial charge in [0, 0.05) is 6.54 Å². The zero-order chi connectivity index (χ0) is 10.9. The summed E-state index contributed by atoms with van der Waals surface area (Å²) in [5.74, 6) is -0.329. The number of hydrogen-bond acceptors (Lipinski definition) is 4. The Labute approximate surface area is 84.8 Å². The maximum Gasteiger partial charge on any atom is 0.326 e. The third-order valence-corrected chi connectivity index (χ3v) is 2.27. The third kappa shape index (κ3) is 2.69. The van der Waals surface area contributed by atoms with Gasteiger partial charge in [0.05, 0.1) is 6.10 Å². The Morgan fingerprint density at radius 1 is 1.50 bits per heavy atom. The summed E-state index contributed by atoms with van der Waals surface area (Å²) >= 11 is 0. The minimum absolute atomic E-state index is 0.329. The first-order chi connectivity index (χ1) is 6.31. The molecule has 14 heavy (non-hydrogen) atoms. The fourth-order valence-corrected chi connectivity index (χ4v) is 1.63. The molecule has 0 aromatic rings. The molecule has 0 radical (unpaired) electrons. The van der Waals surface area contributed by atoms with Gasteiger partial charge in [-0.2, -0.15) is 0 Å². The number of carbonyl (C=O) groups is 1. The van der Waals surface area contributed by atoms with Crippen LogP contribution in [0, 0.1) is 0 Å². The van der Waals surface area contributed by atoms with Crippen LogP contribution in [0.1, 0.15) is 27.2 Å². The van der Waals surface area contributed by atoms with Gasteiger partial charge in [0.2, 0.25) is 0 Å². The topological polar surface area (TPSA) is 49.8 Å². The van der Waals surface area contributed by atoms with Gasteiger partial charge < -0.3 is 9.84 Å². The highest BCUT2D eigenvalue weighted by Gasteiger charge is 2.38. The van der Waals surface area contributed by atoms with E-state index in [9.17, 15) is 9.90 Å². The Kier molecular flexibility index (Phi) is 3.17. The summed E-state index contributed by atoms with van der Waals surface area (Å²) < 4.78 is 5.22. The van der Waals surface area contributed by atoms with E-state index in [1.807, 2.05) is 32.7 Å². The number of carbonyl (C=O) groups excluding carboxylic acids is 1. The number of aliphatic hydroxyl groups is 1. The summed E-state index contributed by atoms with van der Waals surface area (Å²) in [6.07, 6.45) is 0.0512. The first-order valence-electron chi connectivity index (χ1n) is 4.92. The molecular weight excluding hydrogens is 182 g/mol. The Morgan fingerprint density at radius 3 is 2.43 bits per heavy atom. The van der Waals surface area contributed by atoms with Crippen LogP contribution in [0.5, 0.6) is 0 Å². The summed E-state index contributed by atoms with van der Waals surface area (Å²) in [5.41, 5.74) is -0.486. The largest absolute Gasteiger partial charge is 0.459 e. The van der Waals surface area contributed by atoms with Gasteiger partial charge in [-0.05, 0) is 34.2 Å². The van der Waals surface area contributed by atoms with Crippen LogP contribution in [0.25, 0.3) is 0 Å². The van der Waals surface area contributed by atoms with Crippen molar-refractivity contribution in [1.29, 1.82) is 0 Å². The zero-order valence-electron chi connectivity index (χ0n) is 9.28. The normalized spacial score (nSPS) is 29.2. The van der Waals surface area contributed by atoms with Crippen molar-refractivity contribution in [1.82, 2.24) is 4.90 Å². The number of aliphatic hydroxyl groups excluding tert-OH is 1. The van der Waals surface area contributed by atoms with Crippen molar-refractivity contribution in [2.75, 3.05) is 13.6 Å². The van der Waals surface area contributed by atoms with E-state index < -0.39 is 17.7 Å². The second-order valence-electron chi connectivity index (χ2n) is 4.81. The van der Waals surface area contributed by atoms with Gasteiger partial charge >= 0.3 is 5.97 Å². The number of likely N-dealkylation sites (tertiary alicyclic amines) is 1. The summed E-state index contributed by atoms with van der Waals surface area (Å²) in [4.78, 5) is 13.5. The summed E-state index contributed by atoms with van der Waals surface area (Å²) in [6, 6.07) is -0.491. The van der Waals surface area contributed by atoms with Gasteiger partial charge in [-0.15, -0.1) is 0 Å². The monoisotopic (exact) mass is 201 g/mol. The van der Waals surface area contributed by atoms with E-state index in [1.165, 1.54) is 0 Å². The maximum atomic E-state index is 11.7. The lowest BCUT2D eigenvalue weighted by Crippen LogP contribution is -2.43. The van der Waals surface area contributed by atoms with E-state index in [1.54, 1.807) is 0 Å². The molecule has 1 fully saturated rings. The molecule has 0 aromatic carbocycles. The van der Waals surface area contributed by atoms with Crippen LogP contribution < -0.4 is 0 Å². The molecule has 1 heterocycles. The molecule has 0 saturated carbocycles. The van der Waals surface area contributed by atoms with Crippen molar-refractivity contribution >= 4 is 5.97 Å². The highest BCUT2D eigenvalue weighted by atomic mass is 16.6. The predicted molar refractivity (Wildman–Crippen MR) is 52.9 cm³/mol. The quantitative estimate of drug-likeness (QED) is 0.624. The molecule has 1 aliphatic heterocycles. The van der Waals surface area contributed by atoms with Crippen LogP contribution in [-0.2, 0) is 9.53 Å². The van der Waals surface area contributed by atoms with Gasteiger partial charge in [-0.3, -0.25) is 9.69 Å². The minimum Gasteiger partial charge on any atom is -0.459 e. The van der Waals surface area contributed by atoms with Crippen molar-refractivity contribution in [3.8, 4) is 0 Å². The Morgan fingerprint density at radius 2 is 2.07 bits per heavy atom. The smallest absolute Gasteiger partial charge is 0.326 e.